The SMILES string of the molecule is CCN1CCN(c2ccc(F)cc2C(C)NC(=O)c2ccnc(N(C)C)c2)CC1. The van der Waals surface area contributed by atoms with Crippen LogP contribution in [-0.2, 0) is 0 Å². The highest BCUT2D eigenvalue weighted by molar-refractivity contribution is 5.95. The molecule has 29 heavy (non-hydrogen) atoms. The number of carbonyl (C=O) groups is 1. The number of amides is 1. The second-order valence-corrected chi connectivity index (χ2v) is 7.62. The lowest BCUT2D eigenvalue weighted by atomic mass is 10.0. The van der Waals surface area contributed by atoms with Gasteiger partial charge in [0, 0.05) is 63.3 Å². The van der Waals surface area contributed by atoms with Crippen molar-refractivity contribution in [3.63, 3.8) is 0 Å². The molecule has 156 valence electrons. The second-order valence-electron chi connectivity index (χ2n) is 7.62. The van der Waals surface area contributed by atoms with Crippen LogP contribution >= 0.6 is 0 Å². The first-order valence-corrected chi connectivity index (χ1v) is 10.1. The summed E-state index contributed by atoms with van der Waals surface area (Å²) < 4.78 is 14.0. The molecule has 2 heterocycles. The first kappa shape index (κ1) is 21.0. The maximum Gasteiger partial charge on any atom is 0.251 e. The number of hydrogen-bond donors (Lipinski definition) is 1. The average molecular weight is 400 g/mol. The van der Waals surface area contributed by atoms with Crippen molar-refractivity contribution in [2.24, 2.45) is 0 Å². The molecule has 1 N–H and O–H groups in total. The van der Waals surface area contributed by atoms with Crippen molar-refractivity contribution in [2.75, 3.05) is 56.6 Å². The Balaban J connectivity index is 1.78. The third kappa shape index (κ3) is 5.03. The van der Waals surface area contributed by atoms with E-state index in [4.69, 9.17) is 0 Å². The summed E-state index contributed by atoms with van der Waals surface area (Å²) in [6.07, 6.45) is 1.62. The van der Waals surface area contributed by atoms with Gasteiger partial charge in [-0.15, -0.1) is 0 Å². The molecule has 1 aliphatic heterocycles. The smallest absolute Gasteiger partial charge is 0.251 e. The van der Waals surface area contributed by atoms with Crippen molar-refractivity contribution >= 4 is 17.4 Å². The Morgan fingerprint density at radius 1 is 1.21 bits per heavy atom. The Morgan fingerprint density at radius 2 is 1.93 bits per heavy atom. The van der Waals surface area contributed by atoms with E-state index < -0.39 is 0 Å². The first-order valence-electron chi connectivity index (χ1n) is 10.1. The number of nitrogens with zero attached hydrogens (tertiary/aromatic N) is 4. The summed E-state index contributed by atoms with van der Waals surface area (Å²) in [5.41, 5.74) is 2.31. The van der Waals surface area contributed by atoms with Crippen LogP contribution in [0.3, 0.4) is 0 Å². The first-order chi connectivity index (χ1) is 13.9. The Bertz CT molecular complexity index is 849. The van der Waals surface area contributed by atoms with Gasteiger partial charge >= 0.3 is 0 Å². The van der Waals surface area contributed by atoms with Crippen molar-refractivity contribution in [2.45, 2.75) is 19.9 Å². The third-order valence-corrected chi connectivity index (χ3v) is 5.43. The van der Waals surface area contributed by atoms with E-state index in [2.05, 4.69) is 27.0 Å². The minimum Gasteiger partial charge on any atom is -0.369 e. The summed E-state index contributed by atoms with van der Waals surface area (Å²) in [6.45, 7) is 8.85. The minimum atomic E-state index is -0.326. The standard InChI is InChI=1S/C22H30FN5O/c1-5-27-10-12-28(13-11-27)20-7-6-18(23)15-19(20)16(2)25-22(29)17-8-9-24-21(14-17)26(3)4/h6-9,14-16H,5,10-13H2,1-4H3,(H,25,29). The van der Waals surface area contributed by atoms with Gasteiger partial charge in [0.05, 0.1) is 6.04 Å². The number of carbonyl (C=O) groups excluding carboxylic acids is 1. The van der Waals surface area contributed by atoms with Crippen LogP contribution in [0.15, 0.2) is 36.5 Å². The van der Waals surface area contributed by atoms with Crippen molar-refractivity contribution in [3.05, 3.63) is 53.5 Å². The molecule has 7 heteroatoms. The summed E-state index contributed by atoms with van der Waals surface area (Å²) in [5.74, 6) is 0.218. The molecule has 0 spiro atoms. The van der Waals surface area contributed by atoms with Gasteiger partial charge in [-0.05, 0) is 43.8 Å². The van der Waals surface area contributed by atoms with Gasteiger partial charge in [0.15, 0.2) is 0 Å². The van der Waals surface area contributed by atoms with Crippen LogP contribution in [0.1, 0.15) is 35.8 Å². The molecule has 1 aliphatic rings. The summed E-state index contributed by atoms with van der Waals surface area (Å²) >= 11 is 0. The average Bonchev–Trinajstić information content (AvgIpc) is 2.73. The number of rotatable bonds is 6. The molecule has 0 bridgehead atoms. The molecule has 1 saturated heterocycles. The molecule has 1 aromatic heterocycles. The maximum atomic E-state index is 14.0. The number of pyridine rings is 1. The molecule has 3 rings (SSSR count). The fourth-order valence-electron chi connectivity index (χ4n) is 3.63. The summed E-state index contributed by atoms with van der Waals surface area (Å²) in [5, 5.41) is 3.02. The lowest BCUT2D eigenvalue weighted by Crippen LogP contribution is -2.46. The van der Waals surface area contributed by atoms with Crippen LogP contribution in [-0.4, -0.2) is 62.6 Å². The molecule has 1 atom stereocenters. The largest absolute Gasteiger partial charge is 0.369 e. The molecule has 1 fully saturated rings. The van der Waals surface area contributed by atoms with Crippen molar-refractivity contribution in [1.29, 1.82) is 0 Å². The maximum absolute atomic E-state index is 14.0. The zero-order valence-corrected chi connectivity index (χ0v) is 17.7. The molecule has 0 aliphatic carbocycles. The quantitative estimate of drug-likeness (QED) is 0.810. The van der Waals surface area contributed by atoms with Crippen LogP contribution in [0.4, 0.5) is 15.9 Å². The number of hydrogen-bond acceptors (Lipinski definition) is 5. The van der Waals surface area contributed by atoms with Crippen LogP contribution in [0, 0.1) is 5.82 Å². The number of anilines is 2. The number of piperazine rings is 1. The van der Waals surface area contributed by atoms with E-state index in [1.807, 2.05) is 32.0 Å². The van der Waals surface area contributed by atoms with E-state index in [1.54, 1.807) is 18.3 Å². The number of aromatic nitrogens is 1. The van der Waals surface area contributed by atoms with Gasteiger partial charge in [0.1, 0.15) is 11.6 Å². The van der Waals surface area contributed by atoms with E-state index in [-0.39, 0.29) is 17.8 Å². The van der Waals surface area contributed by atoms with Gasteiger partial charge in [-0.1, -0.05) is 6.92 Å². The van der Waals surface area contributed by atoms with Gasteiger partial charge < -0.3 is 20.0 Å². The van der Waals surface area contributed by atoms with Gasteiger partial charge in [0.25, 0.3) is 5.91 Å². The molecular weight excluding hydrogens is 369 g/mol. The zero-order chi connectivity index (χ0) is 21.0. The predicted octanol–water partition coefficient (Wildman–Crippen LogP) is 2.92. The van der Waals surface area contributed by atoms with Gasteiger partial charge in [0.2, 0.25) is 0 Å². The highest BCUT2D eigenvalue weighted by Crippen LogP contribution is 2.28. The fraction of sp³-hybridized carbons (Fsp3) is 0.455. The van der Waals surface area contributed by atoms with E-state index in [0.717, 1.165) is 44.0 Å². The lowest BCUT2D eigenvalue weighted by Gasteiger charge is -2.37. The minimum absolute atomic E-state index is 0.200. The van der Waals surface area contributed by atoms with Crippen LogP contribution in [0.25, 0.3) is 0 Å². The highest BCUT2D eigenvalue weighted by Gasteiger charge is 2.22. The number of nitrogens with one attached hydrogen (secondary N) is 1. The van der Waals surface area contributed by atoms with Gasteiger partial charge in [-0.2, -0.15) is 0 Å². The molecule has 6 nitrogen and oxygen atoms in total. The van der Waals surface area contributed by atoms with Crippen LogP contribution < -0.4 is 15.1 Å². The fourth-order valence-corrected chi connectivity index (χ4v) is 3.63. The summed E-state index contributed by atoms with van der Waals surface area (Å²) in [7, 11) is 3.76. The lowest BCUT2D eigenvalue weighted by molar-refractivity contribution is 0.0939. The Hall–Kier alpha value is -2.67. The number of halogens is 1. The molecule has 2 aromatic rings. The molecular formula is C22H30FN5O. The van der Waals surface area contributed by atoms with E-state index >= 15 is 0 Å². The summed E-state index contributed by atoms with van der Waals surface area (Å²) in [4.78, 5) is 23.6. The third-order valence-electron chi connectivity index (χ3n) is 5.43. The molecule has 1 aromatic carbocycles. The van der Waals surface area contributed by atoms with Crippen molar-refractivity contribution in [3.8, 4) is 0 Å². The summed E-state index contributed by atoms with van der Waals surface area (Å²) in [6, 6.07) is 7.96. The van der Waals surface area contributed by atoms with Crippen molar-refractivity contribution in [1.82, 2.24) is 15.2 Å². The second kappa shape index (κ2) is 9.22. The Labute approximate surface area is 172 Å². The van der Waals surface area contributed by atoms with E-state index in [0.29, 0.717) is 11.4 Å². The highest BCUT2D eigenvalue weighted by atomic mass is 19.1. The van der Waals surface area contributed by atoms with Crippen molar-refractivity contribution < 1.29 is 9.18 Å². The Kier molecular flexibility index (Phi) is 6.69. The van der Waals surface area contributed by atoms with Crippen LogP contribution in [0.2, 0.25) is 0 Å². The number of likely N-dealkylation sites (N-methyl/N-ethyl adjacent to an activating group) is 1. The van der Waals surface area contributed by atoms with Crippen LogP contribution in [0.5, 0.6) is 0 Å². The van der Waals surface area contributed by atoms with E-state index in [9.17, 15) is 9.18 Å². The molecule has 0 radical (unpaired) electrons. The van der Waals surface area contributed by atoms with Gasteiger partial charge in [-0.25, -0.2) is 9.37 Å². The molecule has 1 unspecified atom stereocenters. The van der Waals surface area contributed by atoms with Gasteiger partial charge in [-0.3, -0.25) is 4.79 Å². The monoisotopic (exact) mass is 399 g/mol. The van der Waals surface area contributed by atoms with E-state index in [1.165, 1.54) is 12.1 Å². The predicted molar refractivity (Wildman–Crippen MR) is 115 cm³/mol. The topological polar surface area (TPSA) is 51.7 Å². The number of benzene rings is 1. The molecule has 1 amide bonds. The normalized spacial score (nSPS) is 15.8. The zero-order valence-electron chi connectivity index (χ0n) is 17.7. The molecule has 0 saturated carbocycles. The Morgan fingerprint density at radius 3 is 2.59 bits per heavy atom.